The fourth-order valence-electron chi connectivity index (χ4n) is 2.73. The van der Waals surface area contributed by atoms with E-state index in [0.717, 1.165) is 39.3 Å². The molecule has 1 atom stereocenters. The van der Waals surface area contributed by atoms with Crippen LogP contribution in [0, 0.1) is 0 Å². The van der Waals surface area contributed by atoms with Gasteiger partial charge in [0.25, 0.3) is 0 Å². The number of carbonyl (C=O) groups excluding carboxylic acids is 1. The molecule has 1 heterocycles. The number of nitrogens with one attached hydrogen (secondary N) is 3. The predicted octanol–water partition coefficient (Wildman–Crippen LogP) is -3.76. The van der Waals surface area contributed by atoms with Gasteiger partial charge in [0.05, 0.1) is 19.8 Å². The van der Waals surface area contributed by atoms with Crippen LogP contribution < -0.4 is 16.0 Å². The van der Waals surface area contributed by atoms with Gasteiger partial charge in [-0.25, -0.2) is 0 Å². The van der Waals surface area contributed by atoms with Crippen LogP contribution >= 0.6 is 0 Å². The fraction of sp³-hybridized carbons (Fsp3) is 0.933. The molecular weight excluding hydrogens is 314 g/mol. The number of hydrogen-bond donors (Lipinski definition) is 6. The zero-order chi connectivity index (χ0) is 17.6. The lowest BCUT2D eigenvalue weighted by Crippen LogP contribution is -2.55. The highest BCUT2D eigenvalue weighted by Crippen LogP contribution is 2.04. The minimum absolute atomic E-state index is 0.159. The van der Waals surface area contributed by atoms with E-state index in [1.807, 2.05) is 4.90 Å². The molecule has 1 unspecified atom stereocenters. The van der Waals surface area contributed by atoms with E-state index in [2.05, 4.69) is 16.0 Å². The average Bonchev–Trinajstić information content (AvgIpc) is 2.57. The van der Waals surface area contributed by atoms with E-state index >= 15 is 0 Å². The Balaban J connectivity index is 2.69. The molecule has 1 amide bonds. The van der Waals surface area contributed by atoms with E-state index in [4.69, 9.17) is 10.2 Å². The monoisotopic (exact) mass is 347 g/mol. The summed E-state index contributed by atoms with van der Waals surface area (Å²) < 4.78 is 0. The van der Waals surface area contributed by atoms with Crippen LogP contribution in [-0.4, -0.2) is 122 Å². The number of aliphatic hydroxyl groups excluding tert-OH is 3. The lowest BCUT2D eigenvalue weighted by Gasteiger charge is -2.33. The molecule has 0 aliphatic carbocycles. The Morgan fingerprint density at radius 2 is 1.33 bits per heavy atom. The third-order valence-electron chi connectivity index (χ3n) is 4.06. The normalized spacial score (nSPS) is 20.0. The first-order chi connectivity index (χ1) is 11.7. The molecule has 1 rings (SSSR count). The van der Waals surface area contributed by atoms with E-state index in [-0.39, 0.29) is 38.8 Å². The summed E-state index contributed by atoms with van der Waals surface area (Å²) in [4.78, 5) is 16.0. The summed E-state index contributed by atoms with van der Waals surface area (Å²) in [6, 6.07) is -0.659. The van der Waals surface area contributed by atoms with Crippen molar-refractivity contribution in [2.45, 2.75) is 6.04 Å². The second-order valence-electron chi connectivity index (χ2n) is 5.76. The number of hydrogen-bond acceptors (Lipinski definition) is 8. The van der Waals surface area contributed by atoms with Crippen molar-refractivity contribution in [3.8, 4) is 0 Å². The van der Waals surface area contributed by atoms with Gasteiger partial charge < -0.3 is 36.2 Å². The van der Waals surface area contributed by atoms with Crippen molar-refractivity contribution in [1.29, 1.82) is 0 Å². The van der Waals surface area contributed by atoms with Crippen LogP contribution in [0.3, 0.4) is 0 Å². The van der Waals surface area contributed by atoms with Crippen molar-refractivity contribution in [1.82, 2.24) is 25.8 Å². The Hall–Kier alpha value is -0.810. The molecule has 6 N–H and O–H groups in total. The van der Waals surface area contributed by atoms with Gasteiger partial charge in [-0.3, -0.25) is 9.69 Å². The van der Waals surface area contributed by atoms with Gasteiger partial charge in [0, 0.05) is 65.4 Å². The van der Waals surface area contributed by atoms with Crippen molar-refractivity contribution in [2.24, 2.45) is 0 Å². The molecule has 0 aromatic carbocycles. The summed E-state index contributed by atoms with van der Waals surface area (Å²) in [6.07, 6.45) is 0. The first-order valence-corrected chi connectivity index (χ1v) is 8.72. The summed E-state index contributed by atoms with van der Waals surface area (Å²) in [5, 5.41) is 37.9. The van der Waals surface area contributed by atoms with Crippen LogP contribution in [0.4, 0.5) is 0 Å². The second kappa shape index (κ2) is 13.5. The Labute approximate surface area is 144 Å². The topological polar surface area (TPSA) is 120 Å². The van der Waals surface area contributed by atoms with Crippen molar-refractivity contribution < 1.29 is 20.1 Å². The smallest absolute Gasteiger partial charge is 0.242 e. The zero-order valence-electron chi connectivity index (χ0n) is 14.4. The molecule has 9 nitrogen and oxygen atoms in total. The third-order valence-corrected chi connectivity index (χ3v) is 4.06. The quantitative estimate of drug-likeness (QED) is 0.278. The van der Waals surface area contributed by atoms with E-state index in [0.29, 0.717) is 13.1 Å². The second-order valence-corrected chi connectivity index (χ2v) is 5.76. The SMILES string of the molecule is O=C(C(CO)N1CCNCCNCCNCC1)N(CCO)CCO. The molecule has 9 heteroatoms. The maximum absolute atomic E-state index is 12.7. The Bertz CT molecular complexity index is 317. The average molecular weight is 347 g/mol. The standard InChI is InChI=1S/C15H33N5O4/c21-11-9-20(10-12-22)15(24)14(13-23)19-7-5-17-3-1-16-2-4-18-6-8-19/h14,16-18,21-23H,1-13H2. The molecule has 0 radical (unpaired) electrons. The molecular formula is C15H33N5O4. The van der Waals surface area contributed by atoms with E-state index in [1.165, 1.54) is 4.90 Å². The molecule has 24 heavy (non-hydrogen) atoms. The molecule has 1 saturated heterocycles. The summed E-state index contributed by atoms with van der Waals surface area (Å²) in [5.41, 5.74) is 0. The van der Waals surface area contributed by atoms with Crippen LogP contribution in [0.25, 0.3) is 0 Å². The van der Waals surface area contributed by atoms with Gasteiger partial charge in [0.2, 0.25) is 5.91 Å². The molecule has 0 aromatic rings. The van der Waals surface area contributed by atoms with Crippen molar-refractivity contribution in [2.75, 3.05) is 85.3 Å². The Morgan fingerprint density at radius 1 is 0.875 bits per heavy atom. The largest absolute Gasteiger partial charge is 0.395 e. The van der Waals surface area contributed by atoms with Crippen molar-refractivity contribution in [3.05, 3.63) is 0 Å². The number of amides is 1. The lowest BCUT2D eigenvalue weighted by atomic mass is 10.2. The maximum atomic E-state index is 12.7. The Morgan fingerprint density at radius 3 is 1.75 bits per heavy atom. The van der Waals surface area contributed by atoms with Gasteiger partial charge in [-0.15, -0.1) is 0 Å². The van der Waals surface area contributed by atoms with Crippen molar-refractivity contribution >= 4 is 5.91 Å². The van der Waals surface area contributed by atoms with Gasteiger partial charge in [-0.2, -0.15) is 0 Å². The molecule has 1 aliphatic heterocycles. The first kappa shape index (κ1) is 21.2. The molecule has 0 bridgehead atoms. The van der Waals surface area contributed by atoms with Gasteiger partial charge in [0.1, 0.15) is 6.04 Å². The van der Waals surface area contributed by atoms with E-state index in [9.17, 15) is 9.90 Å². The molecule has 0 saturated carbocycles. The molecule has 0 aromatic heterocycles. The van der Waals surface area contributed by atoms with Gasteiger partial charge >= 0.3 is 0 Å². The maximum Gasteiger partial charge on any atom is 0.242 e. The highest BCUT2D eigenvalue weighted by atomic mass is 16.3. The van der Waals surface area contributed by atoms with Gasteiger partial charge in [0.15, 0.2) is 0 Å². The van der Waals surface area contributed by atoms with Crippen LogP contribution in [0.5, 0.6) is 0 Å². The molecule has 1 aliphatic rings. The van der Waals surface area contributed by atoms with Gasteiger partial charge in [-0.1, -0.05) is 0 Å². The van der Waals surface area contributed by atoms with Crippen molar-refractivity contribution in [3.63, 3.8) is 0 Å². The number of rotatable bonds is 7. The summed E-state index contributed by atoms with van der Waals surface area (Å²) in [7, 11) is 0. The first-order valence-electron chi connectivity index (χ1n) is 8.72. The minimum atomic E-state index is -0.659. The van der Waals surface area contributed by atoms with E-state index < -0.39 is 6.04 Å². The fourth-order valence-corrected chi connectivity index (χ4v) is 2.73. The van der Waals surface area contributed by atoms with E-state index in [1.54, 1.807) is 0 Å². The summed E-state index contributed by atoms with van der Waals surface area (Å²) in [5.74, 6) is -0.255. The third kappa shape index (κ3) is 7.84. The highest BCUT2D eigenvalue weighted by molar-refractivity contribution is 5.82. The van der Waals surface area contributed by atoms with Crippen LogP contribution in [0.2, 0.25) is 0 Å². The zero-order valence-corrected chi connectivity index (χ0v) is 14.4. The molecule has 142 valence electrons. The minimum Gasteiger partial charge on any atom is -0.395 e. The van der Waals surface area contributed by atoms with Crippen LogP contribution in [0.15, 0.2) is 0 Å². The molecule has 0 spiro atoms. The molecule has 1 fully saturated rings. The Kier molecular flexibility index (Phi) is 11.9. The number of aliphatic hydroxyl groups is 3. The number of nitrogens with zero attached hydrogens (tertiary/aromatic N) is 2. The lowest BCUT2D eigenvalue weighted by molar-refractivity contribution is -0.139. The highest BCUT2D eigenvalue weighted by Gasteiger charge is 2.28. The summed E-state index contributed by atoms with van der Waals surface area (Å²) >= 11 is 0. The van der Waals surface area contributed by atoms with Gasteiger partial charge in [-0.05, 0) is 0 Å². The number of carbonyl (C=O) groups is 1. The predicted molar refractivity (Wildman–Crippen MR) is 91.8 cm³/mol. The van der Waals surface area contributed by atoms with Crippen LogP contribution in [0.1, 0.15) is 0 Å². The van der Waals surface area contributed by atoms with Crippen LogP contribution in [-0.2, 0) is 4.79 Å². The summed E-state index contributed by atoms with van der Waals surface area (Å²) in [6.45, 7) is 5.94.